The van der Waals surface area contributed by atoms with Crippen molar-refractivity contribution in [2.75, 3.05) is 19.8 Å². The van der Waals surface area contributed by atoms with Gasteiger partial charge in [-0.3, -0.25) is 0 Å². The molecule has 0 saturated carbocycles. The molecule has 18 heavy (non-hydrogen) atoms. The Hall–Kier alpha value is -1.08. The molecule has 0 aliphatic carbocycles. The number of imidazole rings is 1. The van der Waals surface area contributed by atoms with Crippen LogP contribution in [0.25, 0.3) is 0 Å². The second kappa shape index (κ2) is 7.38. The van der Waals surface area contributed by atoms with Gasteiger partial charge < -0.3 is 14.6 Å². The average molecular weight is 265 g/mol. The number of aryl methyl sites for hydroxylation is 1. The lowest BCUT2D eigenvalue weighted by molar-refractivity contribution is -0.174. The molecule has 0 atom stereocenters. The third kappa shape index (κ3) is 6.61. The molecule has 0 spiro atoms. The Bertz CT molecular complexity index is 339. The van der Waals surface area contributed by atoms with E-state index in [1.165, 1.54) is 0 Å². The van der Waals surface area contributed by atoms with Gasteiger partial charge in [-0.25, -0.2) is 4.98 Å². The van der Waals surface area contributed by atoms with Gasteiger partial charge in [0.1, 0.15) is 6.61 Å². The van der Waals surface area contributed by atoms with Gasteiger partial charge >= 0.3 is 6.18 Å². The van der Waals surface area contributed by atoms with Crippen LogP contribution in [0.4, 0.5) is 13.2 Å². The molecule has 0 bridgehead atoms. The molecule has 4 nitrogen and oxygen atoms in total. The molecule has 0 aliphatic rings. The zero-order chi connectivity index (χ0) is 13.4. The molecule has 7 heteroatoms. The Morgan fingerprint density at radius 2 is 2.22 bits per heavy atom. The van der Waals surface area contributed by atoms with Crippen LogP contribution in [0.15, 0.2) is 12.5 Å². The third-order valence-corrected chi connectivity index (χ3v) is 2.21. The molecule has 1 aromatic heterocycles. The van der Waals surface area contributed by atoms with Crippen LogP contribution in [0.5, 0.6) is 0 Å². The number of nitrogens with zero attached hydrogens (tertiary/aromatic N) is 2. The van der Waals surface area contributed by atoms with Crippen molar-refractivity contribution in [2.24, 2.45) is 0 Å². The molecule has 0 unspecified atom stereocenters. The largest absolute Gasteiger partial charge is 0.411 e. The van der Waals surface area contributed by atoms with Crippen molar-refractivity contribution in [1.82, 2.24) is 14.9 Å². The fourth-order valence-electron chi connectivity index (χ4n) is 1.41. The SMILES string of the molecule is CCNCc1cn(CCCOCC(F)(F)F)cn1. The summed E-state index contributed by atoms with van der Waals surface area (Å²) < 4.78 is 41.7. The van der Waals surface area contributed by atoms with Gasteiger partial charge in [0, 0.05) is 25.9 Å². The molecule has 104 valence electrons. The van der Waals surface area contributed by atoms with E-state index in [0.29, 0.717) is 19.5 Å². The molecule has 1 N–H and O–H groups in total. The quantitative estimate of drug-likeness (QED) is 0.730. The second-order valence-corrected chi connectivity index (χ2v) is 3.90. The molecule has 1 rings (SSSR count). The molecule has 1 heterocycles. The minimum Gasteiger partial charge on any atom is -0.372 e. The van der Waals surface area contributed by atoms with E-state index < -0.39 is 12.8 Å². The number of rotatable bonds is 8. The fourth-order valence-corrected chi connectivity index (χ4v) is 1.41. The summed E-state index contributed by atoms with van der Waals surface area (Å²) >= 11 is 0. The Morgan fingerprint density at radius 1 is 1.44 bits per heavy atom. The van der Waals surface area contributed by atoms with Crippen LogP contribution in [0, 0.1) is 0 Å². The maximum atomic E-state index is 11.8. The third-order valence-electron chi connectivity index (χ3n) is 2.21. The standard InChI is InChI=1S/C11H18F3N3O/c1-2-15-6-10-7-17(9-16-10)4-3-5-18-8-11(12,13)14/h7,9,15H,2-6,8H2,1H3. The van der Waals surface area contributed by atoms with Crippen LogP contribution in [0.1, 0.15) is 19.0 Å². The zero-order valence-corrected chi connectivity index (χ0v) is 10.3. The Balaban J connectivity index is 2.13. The van der Waals surface area contributed by atoms with E-state index in [2.05, 4.69) is 15.0 Å². The highest BCUT2D eigenvalue weighted by Crippen LogP contribution is 2.14. The number of nitrogens with one attached hydrogen (secondary N) is 1. The van der Waals surface area contributed by atoms with Crippen molar-refractivity contribution in [1.29, 1.82) is 0 Å². The van der Waals surface area contributed by atoms with E-state index >= 15 is 0 Å². The van der Waals surface area contributed by atoms with Crippen LogP contribution < -0.4 is 5.32 Å². The Labute approximate surface area is 104 Å². The summed E-state index contributed by atoms with van der Waals surface area (Å²) in [7, 11) is 0. The summed E-state index contributed by atoms with van der Waals surface area (Å²) in [5, 5.41) is 3.15. The normalized spacial score (nSPS) is 12.0. The fraction of sp³-hybridized carbons (Fsp3) is 0.727. The van der Waals surface area contributed by atoms with Crippen LogP contribution in [0.2, 0.25) is 0 Å². The van der Waals surface area contributed by atoms with Gasteiger partial charge in [0.15, 0.2) is 0 Å². The van der Waals surface area contributed by atoms with Crippen molar-refractivity contribution in [2.45, 2.75) is 32.6 Å². The molecule has 1 aromatic rings. The summed E-state index contributed by atoms with van der Waals surface area (Å²) in [4.78, 5) is 4.17. The number of halogens is 3. The van der Waals surface area contributed by atoms with Crippen molar-refractivity contribution in [3.63, 3.8) is 0 Å². The van der Waals surface area contributed by atoms with E-state index in [9.17, 15) is 13.2 Å². The lowest BCUT2D eigenvalue weighted by Crippen LogP contribution is -2.17. The van der Waals surface area contributed by atoms with Crippen molar-refractivity contribution < 1.29 is 17.9 Å². The molecule has 0 fully saturated rings. The first kappa shape index (κ1) is 15.0. The van der Waals surface area contributed by atoms with E-state index in [0.717, 1.165) is 12.2 Å². The van der Waals surface area contributed by atoms with Crippen LogP contribution in [-0.4, -0.2) is 35.5 Å². The van der Waals surface area contributed by atoms with Gasteiger partial charge in [-0.15, -0.1) is 0 Å². The topological polar surface area (TPSA) is 39.1 Å². The minimum atomic E-state index is -4.24. The van der Waals surface area contributed by atoms with E-state index in [1.54, 1.807) is 6.33 Å². The highest BCUT2D eigenvalue weighted by atomic mass is 19.4. The summed E-state index contributed by atoms with van der Waals surface area (Å²) in [5.41, 5.74) is 0.924. The number of aromatic nitrogens is 2. The van der Waals surface area contributed by atoms with Gasteiger partial charge in [-0.1, -0.05) is 6.92 Å². The van der Waals surface area contributed by atoms with Crippen LogP contribution in [0.3, 0.4) is 0 Å². The molecule has 0 radical (unpaired) electrons. The van der Waals surface area contributed by atoms with Gasteiger partial charge in [0.25, 0.3) is 0 Å². The van der Waals surface area contributed by atoms with E-state index in [-0.39, 0.29) is 6.61 Å². The maximum Gasteiger partial charge on any atom is 0.411 e. The molecular weight excluding hydrogens is 247 g/mol. The molecule has 0 amide bonds. The van der Waals surface area contributed by atoms with Crippen molar-refractivity contribution >= 4 is 0 Å². The number of hydrogen-bond acceptors (Lipinski definition) is 3. The summed E-state index contributed by atoms with van der Waals surface area (Å²) in [6.07, 6.45) is -0.149. The van der Waals surface area contributed by atoms with Gasteiger partial charge in [-0.2, -0.15) is 13.2 Å². The smallest absolute Gasteiger partial charge is 0.372 e. The highest BCUT2D eigenvalue weighted by molar-refractivity contribution is 4.95. The predicted octanol–water partition coefficient (Wildman–Crippen LogP) is 1.96. The van der Waals surface area contributed by atoms with Crippen molar-refractivity contribution in [3.8, 4) is 0 Å². The van der Waals surface area contributed by atoms with Gasteiger partial charge in [-0.05, 0) is 13.0 Å². The Morgan fingerprint density at radius 3 is 2.89 bits per heavy atom. The first-order chi connectivity index (χ1) is 8.51. The molecule has 0 aliphatic heterocycles. The maximum absolute atomic E-state index is 11.8. The lowest BCUT2D eigenvalue weighted by atomic mass is 10.4. The minimum absolute atomic E-state index is 0.0975. The summed E-state index contributed by atoms with van der Waals surface area (Å²) in [5.74, 6) is 0. The predicted molar refractivity (Wildman–Crippen MR) is 61.1 cm³/mol. The van der Waals surface area contributed by atoms with Gasteiger partial charge in [0.2, 0.25) is 0 Å². The van der Waals surface area contributed by atoms with Crippen LogP contribution >= 0.6 is 0 Å². The summed E-state index contributed by atoms with van der Waals surface area (Å²) in [6, 6.07) is 0. The summed E-state index contributed by atoms with van der Waals surface area (Å²) in [6.45, 7) is 3.11. The second-order valence-electron chi connectivity index (χ2n) is 3.90. The first-order valence-corrected chi connectivity index (χ1v) is 5.87. The number of hydrogen-bond donors (Lipinski definition) is 1. The lowest BCUT2D eigenvalue weighted by Gasteiger charge is -2.07. The number of alkyl halides is 3. The van der Waals surface area contributed by atoms with Gasteiger partial charge in [0.05, 0.1) is 12.0 Å². The Kier molecular flexibility index (Phi) is 6.14. The molecule has 0 aromatic carbocycles. The number of ether oxygens (including phenoxy) is 1. The monoisotopic (exact) mass is 265 g/mol. The average Bonchev–Trinajstić information content (AvgIpc) is 2.72. The first-order valence-electron chi connectivity index (χ1n) is 5.87. The highest BCUT2D eigenvalue weighted by Gasteiger charge is 2.27. The van der Waals surface area contributed by atoms with Crippen molar-refractivity contribution in [3.05, 3.63) is 18.2 Å². The zero-order valence-electron chi connectivity index (χ0n) is 10.3. The van der Waals surface area contributed by atoms with E-state index in [1.807, 2.05) is 17.7 Å². The molecule has 0 saturated heterocycles. The van der Waals surface area contributed by atoms with Crippen LogP contribution in [-0.2, 0) is 17.8 Å². The van der Waals surface area contributed by atoms with E-state index in [4.69, 9.17) is 0 Å². The molecular formula is C11H18F3N3O.